The number of benzene rings is 1. The van der Waals surface area contributed by atoms with Gasteiger partial charge in [-0.05, 0) is 56.3 Å². The Hall–Kier alpha value is -0.860. The smallest absolute Gasteiger partial charge is 0.0236 e. The van der Waals surface area contributed by atoms with Crippen LogP contribution in [0, 0.1) is 11.8 Å². The molecule has 1 saturated carbocycles. The highest BCUT2D eigenvalue weighted by atomic mass is 15.1. The van der Waals surface area contributed by atoms with Crippen molar-refractivity contribution in [2.24, 2.45) is 11.8 Å². The van der Waals surface area contributed by atoms with Crippen LogP contribution in [0.15, 0.2) is 24.3 Å². The average molecular weight is 274 g/mol. The normalized spacial score (nSPS) is 16.9. The van der Waals surface area contributed by atoms with Crippen molar-refractivity contribution < 1.29 is 0 Å². The maximum Gasteiger partial charge on any atom is 0.0236 e. The van der Waals surface area contributed by atoms with Crippen molar-refractivity contribution in [3.8, 4) is 0 Å². The first-order valence-electron chi connectivity index (χ1n) is 8.05. The molecule has 2 heteroatoms. The molecular formula is C18H30N2. The molecular weight excluding hydrogens is 244 g/mol. The first-order valence-corrected chi connectivity index (χ1v) is 8.05. The van der Waals surface area contributed by atoms with Crippen LogP contribution in [0.25, 0.3) is 0 Å². The van der Waals surface area contributed by atoms with E-state index in [2.05, 4.69) is 62.3 Å². The molecule has 1 aliphatic rings. The molecule has 2 rings (SSSR count). The molecule has 1 aromatic rings. The standard InChI is InChI=1S/C18H30N2/c1-14(2)11-19-12-17-7-5-6-8-18(17)13-20(4)15(3)16-9-10-16/h5-8,14-16,19H,9-13H2,1-4H3. The Labute approximate surface area is 124 Å². The minimum atomic E-state index is 0.708. The highest BCUT2D eigenvalue weighted by Crippen LogP contribution is 2.35. The van der Waals surface area contributed by atoms with Gasteiger partial charge in [-0.3, -0.25) is 4.90 Å². The lowest BCUT2D eigenvalue weighted by Crippen LogP contribution is -2.31. The number of hydrogen-bond acceptors (Lipinski definition) is 2. The van der Waals surface area contributed by atoms with Crippen LogP contribution in [0.5, 0.6) is 0 Å². The van der Waals surface area contributed by atoms with Gasteiger partial charge in [0, 0.05) is 19.1 Å². The molecule has 0 aliphatic heterocycles. The molecule has 1 fully saturated rings. The van der Waals surface area contributed by atoms with Crippen LogP contribution in [-0.2, 0) is 13.1 Å². The minimum absolute atomic E-state index is 0.708. The van der Waals surface area contributed by atoms with Gasteiger partial charge in [-0.25, -0.2) is 0 Å². The predicted molar refractivity (Wildman–Crippen MR) is 86.6 cm³/mol. The molecule has 20 heavy (non-hydrogen) atoms. The van der Waals surface area contributed by atoms with E-state index in [4.69, 9.17) is 0 Å². The molecule has 0 heterocycles. The van der Waals surface area contributed by atoms with Gasteiger partial charge in [-0.2, -0.15) is 0 Å². The summed E-state index contributed by atoms with van der Waals surface area (Å²) in [7, 11) is 2.27. The van der Waals surface area contributed by atoms with Crippen LogP contribution in [-0.4, -0.2) is 24.5 Å². The van der Waals surface area contributed by atoms with Crippen molar-refractivity contribution in [1.82, 2.24) is 10.2 Å². The number of nitrogens with zero attached hydrogens (tertiary/aromatic N) is 1. The van der Waals surface area contributed by atoms with Crippen molar-refractivity contribution in [3.63, 3.8) is 0 Å². The molecule has 1 aromatic carbocycles. The monoisotopic (exact) mass is 274 g/mol. The van der Waals surface area contributed by atoms with Gasteiger partial charge in [-0.15, -0.1) is 0 Å². The number of nitrogens with one attached hydrogen (secondary N) is 1. The highest BCUT2D eigenvalue weighted by Gasteiger charge is 2.30. The lowest BCUT2D eigenvalue weighted by atomic mass is 10.1. The lowest BCUT2D eigenvalue weighted by Gasteiger charge is -2.25. The quantitative estimate of drug-likeness (QED) is 0.778. The van der Waals surface area contributed by atoms with E-state index in [1.807, 2.05) is 0 Å². The van der Waals surface area contributed by atoms with Crippen LogP contribution in [0.2, 0.25) is 0 Å². The van der Waals surface area contributed by atoms with Gasteiger partial charge in [-0.1, -0.05) is 38.1 Å². The summed E-state index contributed by atoms with van der Waals surface area (Å²) in [6.45, 7) is 10.0. The first kappa shape index (κ1) is 15.5. The lowest BCUT2D eigenvalue weighted by molar-refractivity contribution is 0.226. The van der Waals surface area contributed by atoms with Crippen LogP contribution in [0.3, 0.4) is 0 Å². The largest absolute Gasteiger partial charge is 0.312 e. The Bertz CT molecular complexity index is 410. The van der Waals surface area contributed by atoms with Crippen molar-refractivity contribution in [3.05, 3.63) is 35.4 Å². The molecule has 2 nitrogen and oxygen atoms in total. The fourth-order valence-electron chi connectivity index (χ4n) is 2.73. The van der Waals surface area contributed by atoms with E-state index in [-0.39, 0.29) is 0 Å². The number of rotatable bonds is 8. The first-order chi connectivity index (χ1) is 9.58. The molecule has 1 aliphatic carbocycles. The molecule has 0 saturated heterocycles. The van der Waals surface area contributed by atoms with Crippen molar-refractivity contribution in [2.45, 2.75) is 52.7 Å². The third kappa shape index (κ3) is 4.60. The summed E-state index contributed by atoms with van der Waals surface area (Å²) in [6.07, 6.45) is 2.84. The average Bonchev–Trinajstić information content (AvgIpc) is 3.23. The SMILES string of the molecule is CC(C)CNCc1ccccc1CN(C)C(C)C1CC1. The zero-order chi connectivity index (χ0) is 14.5. The van der Waals surface area contributed by atoms with Gasteiger partial charge in [0.15, 0.2) is 0 Å². The summed E-state index contributed by atoms with van der Waals surface area (Å²) in [6, 6.07) is 9.57. The molecule has 1 atom stereocenters. The van der Waals surface area contributed by atoms with Crippen LogP contribution in [0.4, 0.5) is 0 Å². The van der Waals surface area contributed by atoms with Gasteiger partial charge in [0.2, 0.25) is 0 Å². The fourth-order valence-corrected chi connectivity index (χ4v) is 2.73. The van der Waals surface area contributed by atoms with Crippen LogP contribution < -0.4 is 5.32 Å². The van der Waals surface area contributed by atoms with Crippen molar-refractivity contribution in [2.75, 3.05) is 13.6 Å². The van der Waals surface area contributed by atoms with E-state index in [1.165, 1.54) is 24.0 Å². The van der Waals surface area contributed by atoms with E-state index in [0.717, 1.165) is 25.6 Å². The second-order valence-corrected chi connectivity index (χ2v) is 6.79. The Balaban J connectivity index is 1.92. The summed E-state index contributed by atoms with van der Waals surface area (Å²) in [5, 5.41) is 3.56. The van der Waals surface area contributed by atoms with Crippen LogP contribution in [0.1, 0.15) is 44.7 Å². The molecule has 112 valence electrons. The highest BCUT2D eigenvalue weighted by molar-refractivity contribution is 5.27. The van der Waals surface area contributed by atoms with E-state index in [0.29, 0.717) is 12.0 Å². The number of hydrogen-bond donors (Lipinski definition) is 1. The zero-order valence-electron chi connectivity index (χ0n) is 13.5. The van der Waals surface area contributed by atoms with E-state index >= 15 is 0 Å². The van der Waals surface area contributed by atoms with Crippen molar-refractivity contribution >= 4 is 0 Å². The minimum Gasteiger partial charge on any atom is -0.312 e. The van der Waals surface area contributed by atoms with Gasteiger partial charge >= 0.3 is 0 Å². The van der Waals surface area contributed by atoms with Crippen LogP contribution >= 0.6 is 0 Å². The van der Waals surface area contributed by atoms with Gasteiger partial charge in [0.25, 0.3) is 0 Å². The third-order valence-electron chi connectivity index (χ3n) is 4.41. The molecule has 0 bridgehead atoms. The summed E-state index contributed by atoms with van der Waals surface area (Å²) in [4.78, 5) is 2.51. The predicted octanol–water partition coefficient (Wildman–Crippen LogP) is 3.66. The summed E-state index contributed by atoms with van der Waals surface area (Å²) < 4.78 is 0. The van der Waals surface area contributed by atoms with E-state index < -0.39 is 0 Å². The molecule has 0 spiro atoms. The van der Waals surface area contributed by atoms with Gasteiger partial charge in [0.1, 0.15) is 0 Å². The van der Waals surface area contributed by atoms with E-state index in [9.17, 15) is 0 Å². The third-order valence-corrected chi connectivity index (χ3v) is 4.41. The molecule has 1 N–H and O–H groups in total. The second kappa shape index (κ2) is 7.24. The maximum atomic E-state index is 3.56. The summed E-state index contributed by atoms with van der Waals surface area (Å²) in [5.41, 5.74) is 2.92. The Morgan fingerprint density at radius 2 is 1.80 bits per heavy atom. The maximum absolute atomic E-state index is 3.56. The topological polar surface area (TPSA) is 15.3 Å². The summed E-state index contributed by atoms with van der Waals surface area (Å²) >= 11 is 0. The molecule has 0 radical (unpaired) electrons. The molecule has 1 unspecified atom stereocenters. The Morgan fingerprint density at radius 3 is 2.40 bits per heavy atom. The van der Waals surface area contributed by atoms with Gasteiger partial charge < -0.3 is 5.32 Å². The second-order valence-electron chi connectivity index (χ2n) is 6.79. The molecule has 0 aromatic heterocycles. The Kier molecular flexibility index (Phi) is 5.62. The zero-order valence-corrected chi connectivity index (χ0v) is 13.5. The summed E-state index contributed by atoms with van der Waals surface area (Å²) in [5.74, 6) is 1.64. The Morgan fingerprint density at radius 1 is 1.15 bits per heavy atom. The van der Waals surface area contributed by atoms with E-state index in [1.54, 1.807) is 0 Å². The fraction of sp³-hybridized carbons (Fsp3) is 0.667. The van der Waals surface area contributed by atoms with Gasteiger partial charge in [0.05, 0.1) is 0 Å². The molecule has 0 amide bonds. The van der Waals surface area contributed by atoms with Crippen molar-refractivity contribution in [1.29, 1.82) is 0 Å².